The van der Waals surface area contributed by atoms with E-state index in [4.69, 9.17) is 15.0 Å². The minimum absolute atomic E-state index is 0.218. The van der Waals surface area contributed by atoms with E-state index in [0.29, 0.717) is 22.5 Å². The summed E-state index contributed by atoms with van der Waals surface area (Å²) in [6.07, 6.45) is 1.54. The van der Waals surface area contributed by atoms with Gasteiger partial charge in [0.15, 0.2) is 17.3 Å². The maximum atomic E-state index is 13.6. The molecule has 2 N–H and O–H groups in total. The van der Waals surface area contributed by atoms with Crippen LogP contribution in [0.15, 0.2) is 46.2 Å². The number of ether oxygens (including phenoxy) is 1. The van der Waals surface area contributed by atoms with E-state index in [0.717, 1.165) is 5.56 Å². The van der Waals surface area contributed by atoms with Gasteiger partial charge in [0.1, 0.15) is 0 Å². The van der Waals surface area contributed by atoms with Crippen LogP contribution in [0.25, 0.3) is 11.6 Å². The molecule has 0 amide bonds. The molecular weight excluding hydrogens is 307 g/mol. The minimum Gasteiger partial charge on any atom is -0.494 e. The van der Waals surface area contributed by atoms with Gasteiger partial charge in [0, 0.05) is 5.75 Å². The highest BCUT2D eigenvalue weighted by atomic mass is 32.2. The lowest BCUT2D eigenvalue weighted by atomic mass is 10.2. The number of furan rings is 1. The van der Waals surface area contributed by atoms with Crippen molar-refractivity contribution in [1.82, 2.24) is 14.9 Å². The van der Waals surface area contributed by atoms with Gasteiger partial charge in [0.05, 0.1) is 13.4 Å². The first kappa shape index (κ1) is 14.5. The Labute approximate surface area is 130 Å². The highest BCUT2D eigenvalue weighted by Crippen LogP contribution is 2.26. The van der Waals surface area contributed by atoms with Gasteiger partial charge in [-0.1, -0.05) is 17.8 Å². The van der Waals surface area contributed by atoms with Crippen LogP contribution in [0.5, 0.6) is 5.75 Å². The van der Waals surface area contributed by atoms with Crippen molar-refractivity contribution < 1.29 is 13.5 Å². The third-order valence-corrected chi connectivity index (χ3v) is 4.00. The summed E-state index contributed by atoms with van der Waals surface area (Å²) in [5, 5.41) is 8.53. The van der Waals surface area contributed by atoms with E-state index < -0.39 is 5.82 Å². The van der Waals surface area contributed by atoms with E-state index in [-0.39, 0.29) is 5.75 Å². The van der Waals surface area contributed by atoms with Gasteiger partial charge < -0.3 is 15.0 Å². The molecule has 0 saturated heterocycles. The van der Waals surface area contributed by atoms with Crippen molar-refractivity contribution >= 4 is 11.8 Å². The van der Waals surface area contributed by atoms with Crippen LogP contribution in [0.2, 0.25) is 0 Å². The summed E-state index contributed by atoms with van der Waals surface area (Å²) in [7, 11) is 1.43. The van der Waals surface area contributed by atoms with Crippen molar-refractivity contribution in [2.75, 3.05) is 13.0 Å². The number of aromatic nitrogens is 3. The van der Waals surface area contributed by atoms with Gasteiger partial charge in [-0.3, -0.25) is 0 Å². The average molecular weight is 320 g/mol. The molecule has 0 spiro atoms. The molecule has 1 aromatic carbocycles. The van der Waals surface area contributed by atoms with Gasteiger partial charge in [-0.25, -0.2) is 9.07 Å². The molecule has 114 valence electrons. The van der Waals surface area contributed by atoms with Crippen molar-refractivity contribution in [3.8, 4) is 17.3 Å². The highest BCUT2D eigenvalue weighted by molar-refractivity contribution is 7.98. The number of nitrogens with two attached hydrogens (primary N) is 1. The Kier molecular flexibility index (Phi) is 4.01. The Morgan fingerprint density at radius 1 is 1.36 bits per heavy atom. The summed E-state index contributed by atoms with van der Waals surface area (Å²) in [6.45, 7) is 0. The number of nitrogen functional groups attached to an aromatic ring is 1. The normalized spacial score (nSPS) is 10.8. The fourth-order valence-corrected chi connectivity index (χ4v) is 2.70. The number of methoxy groups -OCH3 is 1. The van der Waals surface area contributed by atoms with Crippen molar-refractivity contribution in [2.24, 2.45) is 0 Å². The summed E-state index contributed by atoms with van der Waals surface area (Å²) >= 11 is 1.36. The van der Waals surface area contributed by atoms with Crippen LogP contribution >= 0.6 is 11.8 Å². The van der Waals surface area contributed by atoms with Crippen LogP contribution < -0.4 is 10.6 Å². The zero-order chi connectivity index (χ0) is 15.5. The fraction of sp³-hybridized carbons (Fsp3) is 0.143. The van der Waals surface area contributed by atoms with E-state index >= 15 is 0 Å². The first-order valence-corrected chi connectivity index (χ1v) is 7.37. The van der Waals surface area contributed by atoms with Crippen LogP contribution in [0, 0.1) is 5.82 Å². The Balaban J connectivity index is 1.73. The molecule has 3 aromatic rings. The highest BCUT2D eigenvalue weighted by Gasteiger charge is 2.14. The topological polar surface area (TPSA) is 79.1 Å². The number of nitrogens with zero attached hydrogens (tertiary/aromatic N) is 3. The van der Waals surface area contributed by atoms with E-state index in [2.05, 4.69) is 10.2 Å². The predicted molar refractivity (Wildman–Crippen MR) is 80.4 cm³/mol. The Morgan fingerprint density at radius 2 is 2.23 bits per heavy atom. The first-order chi connectivity index (χ1) is 10.7. The quantitative estimate of drug-likeness (QED) is 0.575. The Morgan fingerprint density at radius 3 is 2.91 bits per heavy atom. The molecule has 0 bridgehead atoms. The molecular formula is C14H13FN4O2S. The SMILES string of the molecule is COc1ccc(CSc2nnc(-c3ccco3)n2N)cc1F. The van der Waals surface area contributed by atoms with Gasteiger partial charge in [0.25, 0.3) is 0 Å². The van der Waals surface area contributed by atoms with Crippen LogP contribution in [-0.2, 0) is 5.75 Å². The maximum absolute atomic E-state index is 13.6. The smallest absolute Gasteiger partial charge is 0.218 e. The lowest BCUT2D eigenvalue weighted by molar-refractivity contribution is 0.386. The second-order valence-corrected chi connectivity index (χ2v) is 5.35. The summed E-state index contributed by atoms with van der Waals surface area (Å²) in [5.41, 5.74) is 0.797. The average Bonchev–Trinajstić information content (AvgIpc) is 3.15. The van der Waals surface area contributed by atoms with Crippen LogP contribution in [0.1, 0.15) is 5.56 Å². The monoisotopic (exact) mass is 320 g/mol. The maximum Gasteiger partial charge on any atom is 0.218 e. The third kappa shape index (κ3) is 2.77. The molecule has 0 saturated carbocycles. The Hall–Kier alpha value is -2.48. The molecule has 0 aliphatic rings. The van der Waals surface area contributed by atoms with Gasteiger partial charge in [-0.05, 0) is 29.8 Å². The molecule has 22 heavy (non-hydrogen) atoms. The number of hydrogen-bond acceptors (Lipinski definition) is 6. The zero-order valence-corrected chi connectivity index (χ0v) is 12.5. The minimum atomic E-state index is -0.397. The molecule has 0 atom stereocenters. The van der Waals surface area contributed by atoms with Gasteiger partial charge in [-0.15, -0.1) is 10.2 Å². The molecule has 8 heteroatoms. The van der Waals surface area contributed by atoms with Crippen LogP contribution in [0.3, 0.4) is 0 Å². The summed E-state index contributed by atoms with van der Waals surface area (Å²) in [6, 6.07) is 8.31. The van der Waals surface area contributed by atoms with Crippen molar-refractivity contribution in [3.63, 3.8) is 0 Å². The van der Waals surface area contributed by atoms with Crippen LogP contribution in [0.4, 0.5) is 4.39 Å². The number of hydrogen-bond donors (Lipinski definition) is 1. The summed E-state index contributed by atoms with van der Waals surface area (Å²) in [4.78, 5) is 0. The van der Waals surface area contributed by atoms with Crippen molar-refractivity contribution in [3.05, 3.63) is 48.0 Å². The zero-order valence-electron chi connectivity index (χ0n) is 11.7. The number of thioether (sulfide) groups is 1. The molecule has 3 rings (SSSR count). The second-order valence-electron chi connectivity index (χ2n) is 4.41. The van der Waals surface area contributed by atoms with Crippen LogP contribution in [-0.4, -0.2) is 22.0 Å². The standard InChI is InChI=1S/C14H13FN4O2S/c1-20-11-5-4-9(7-10(11)15)8-22-14-18-17-13(19(14)16)12-3-2-6-21-12/h2-7H,8,16H2,1H3. The van der Waals surface area contributed by atoms with Gasteiger partial charge in [0.2, 0.25) is 11.0 Å². The van der Waals surface area contributed by atoms with E-state index in [9.17, 15) is 4.39 Å². The predicted octanol–water partition coefficient (Wildman–Crippen LogP) is 2.69. The largest absolute Gasteiger partial charge is 0.494 e. The van der Waals surface area contributed by atoms with Crippen molar-refractivity contribution in [2.45, 2.75) is 10.9 Å². The number of halogens is 1. The van der Waals surface area contributed by atoms with Crippen molar-refractivity contribution in [1.29, 1.82) is 0 Å². The molecule has 2 aromatic heterocycles. The lowest BCUT2D eigenvalue weighted by Gasteiger charge is -2.05. The summed E-state index contributed by atoms with van der Waals surface area (Å²) in [5.74, 6) is 7.26. The van der Waals surface area contributed by atoms with E-state index in [1.807, 2.05) is 0 Å². The number of benzene rings is 1. The molecule has 6 nitrogen and oxygen atoms in total. The van der Waals surface area contributed by atoms with Gasteiger partial charge >= 0.3 is 0 Å². The van der Waals surface area contributed by atoms with E-state index in [1.165, 1.54) is 35.9 Å². The Bertz CT molecular complexity index is 773. The molecule has 2 heterocycles. The molecule has 0 fully saturated rings. The van der Waals surface area contributed by atoms with E-state index in [1.54, 1.807) is 24.3 Å². The molecule has 0 unspecified atom stereocenters. The van der Waals surface area contributed by atoms with Gasteiger partial charge in [-0.2, -0.15) is 0 Å². The lowest BCUT2D eigenvalue weighted by Crippen LogP contribution is -2.11. The molecule has 0 aliphatic carbocycles. The third-order valence-electron chi connectivity index (χ3n) is 2.99. The number of rotatable bonds is 5. The second kappa shape index (κ2) is 6.10. The summed E-state index contributed by atoms with van der Waals surface area (Å²) < 4.78 is 25.1. The molecule has 0 aliphatic heterocycles. The fourth-order valence-electron chi connectivity index (χ4n) is 1.90. The molecule has 0 radical (unpaired) electrons. The first-order valence-electron chi connectivity index (χ1n) is 6.38.